The highest BCUT2D eigenvalue weighted by atomic mass is 16.5. The predicted molar refractivity (Wildman–Crippen MR) is 255 cm³/mol. The molecule has 0 radical (unpaired) electrons. The van der Waals surface area contributed by atoms with Crippen LogP contribution in [0.15, 0.2) is 36.5 Å². The van der Waals surface area contributed by atoms with Crippen molar-refractivity contribution in [1.29, 1.82) is 0 Å². The Labute approximate surface area is 366 Å². The summed E-state index contributed by atoms with van der Waals surface area (Å²) in [4.78, 5) is 26.0. The van der Waals surface area contributed by atoms with Crippen molar-refractivity contribution in [3.8, 4) is 0 Å². The number of amides is 1. The Morgan fingerprint density at radius 2 is 0.898 bits per heavy atom. The Hall–Kier alpha value is -1.92. The van der Waals surface area contributed by atoms with Crippen molar-refractivity contribution in [3.05, 3.63) is 36.5 Å². The number of hydrogen-bond donors (Lipinski definition) is 3. The van der Waals surface area contributed by atoms with Crippen molar-refractivity contribution >= 4 is 11.9 Å². The topological polar surface area (TPSA) is 95.9 Å². The van der Waals surface area contributed by atoms with Gasteiger partial charge in [0.2, 0.25) is 5.91 Å². The van der Waals surface area contributed by atoms with E-state index in [1.165, 1.54) is 173 Å². The van der Waals surface area contributed by atoms with Gasteiger partial charge in [-0.2, -0.15) is 0 Å². The summed E-state index contributed by atoms with van der Waals surface area (Å²) in [5.74, 6) is -0.600. The van der Waals surface area contributed by atoms with Gasteiger partial charge in [0.25, 0.3) is 0 Å². The molecule has 346 valence electrons. The van der Waals surface area contributed by atoms with E-state index in [1.54, 1.807) is 0 Å². The second-order valence-corrected chi connectivity index (χ2v) is 17.6. The Morgan fingerprint density at radius 3 is 1.36 bits per heavy atom. The fourth-order valence-corrected chi connectivity index (χ4v) is 7.74. The van der Waals surface area contributed by atoms with Crippen molar-refractivity contribution < 1.29 is 24.5 Å². The second-order valence-electron chi connectivity index (χ2n) is 17.6. The van der Waals surface area contributed by atoms with Gasteiger partial charge in [0.05, 0.1) is 25.2 Å². The van der Waals surface area contributed by atoms with E-state index >= 15 is 0 Å². The molecule has 3 unspecified atom stereocenters. The van der Waals surface area contributed by atoms with E-state index in [9.17, 15) is 19.8 Å². The molecule has 0 aliphatic carbocycles. The first-order valence-corrected chi connectivity index (χ1v) is 25.7. The minimum absolute atomic E-state index is 0.0279. The first kappa shape index (κ1) is 57.1. The lowest BCUT2D eigenvalue weighted by Crippen LogP contribution is -2.46. The van der Waals surface area contributed by atoms with Gasteiger partial charge in [0.1, 0.15) is 6.10 Å². The highest BCUT2D eigenvalue weighted by Crippen LogP contribution is 2.16. The molecule has 6 nitrogen and oxygen atoms in total. The van der Waals surface area contributed by atoms with Gasteiger partial charge in [-0.1, -0.05) is 225 Å². The van der Waals surface area contributed by atoms with Crippen LogP contribution in [0.2, 0.25) is 0 Å². The van der Waals surface area contributed by atoms with Gasteiger partial charge in [-0.3, -0.25) is 9.59 Å². The average Bonchev–Trinajstić information content (AvgIpc) is 3.23. The van der Waals surface area contributed by atoms with E-state index in [1.807, 2.05) is 12.2 Å². The van der Waals surface area contributed by atoms with Crippen LogP contribution in [0.25, 0.3) is 0 Å². The molecule has 0 aromatic rings. The standard InChI is InChI=1S/C53H99NO5/c1-4-7-10-13-16-19-22-24-26-28-31-34-37-40-43-46-53(58)59-49(44-41-38-35-32-29-21-18-15-12-9-6-3)47-52(57)54-50(48-55)51(56)45-42-39-36-33-30-27-25-23-20-17-14-11-8-5-2/h19,22,32,35,41,44,49-51,55-56H,4-18,20-21,23-31,33-34,36-40,42-43,45-48H2,1-3H3,(H,54,57)/b22-19-,35-32-,44-41+. The second kappa shape index (κ2) is 47.1. The number of hydrogen-bond acceptors (Lipinski definition) is 5. The third-order valence-electron chi connectivity index (χ3n) is 11.7. The first-order valence-electron chi connectivity index (χ1n) is 25.7. The van der Waals surface area contributed by atoms with Crippen LogP contribution in [0, 0.1) is 0 Å². The Kier molecular flexibility index (Phi) is 45.6. The zero-order valence-corrected chi connectivity index (χ0v) is 39.4. The van der Waals surface area contributed by atoms with Crippen LogP contribution in [0.4, 0.5) is 0 Å². The molecule has 59 heavy (non-hydrogen) atoms. The summed E-state index contributed by atoms with van der Waals surface area (Å²) in [6, 6.07) is -0.730. The van der Waals surface area contributed by atoms with Crippen molar-refractivity contribution in [2.24, 2.45) is 0 Å². The Morgan fingerprint density at radius 1 is 0.508 bits per heavy atom. The molecule has 0 aliphatic rings. The van der Waals surface area contributed by atoms with Gasteiger partial charge in [-0.25, -0.2) is 0 Å². The summed E-state index contributed by atoms with van der Waals surface area (Å²) in [5.41, 5.74) is 0. The van der Waals surface area contributed by atoms with Gasteiger partial charge in [0.15, 0.2) is 0 Å². The van der Waals surface area contributed by atoms with Crippen molar-refractivity contribution in [2.75, 3.05) is 6.61 Å². The summed E-state index contributed by atoms with van der Waals surface area (Å²) in [6.45, 7) is 6.44. The van der Waals surface area contributed by atoms with Gasteiger partial charge in [-0.15, -0.1) is 0 Å². The minimum Gasteiger partial charge on any atom is -0.458 e. The number of aliphatic hydroxyl groups excluding tert-OH is 2. The Balaban J connectivity index is 4.58. The van der Waals surface area contributed by atoms with E-state index in [0.717, 1.165) is 51.4 Å². The van der Waals surface area contributed by atoms with Crippen LogP contribution in [-0.4, -0.2) is 46.9 Å². The van der Waals surface area contributed by atoms with E-state index in [2.05, 4.69) is 50.4 Å². The first-order chi connectivity index (χ1) is 29.0. The third kappa shape index (κ3) is 42.6. The monoisotopic (exact) mass is 830 g/mol. The van der Waals surface area contributed by atoms with Crippen LogP contribution in [0.1, 0.15) is 265 Å². The number of rotatable bonds is 46. The maximum absolute atomic E-state index is 13.1. The van der Waals surface area contributed by atoms with E-state index < -0.39 is 18.2 Å². The molecule has 0 aliphatic heterocycles. The van der Waals surface area contributed by atoms with E-state index in [4.69, 9.17) is 4.74 Å². The lowest BCUT2D eigenvalue weighted by molar-refractivity contribution is -0.148. The maximum Gasteiger partial charge on any atom is 0.306 e. The molecule has 0 spiro atoms. The maximum atomic E-state index is 13.1. The summed E-state index contributed by atoms with van der Waals surface area (Å²) in [6.07, 6.45) is 55.2. The molecule has 6 heteroatoms. The van der Waals surface area contributed by atoms with Crippen LogP contribution in [0.5, 0.6) is 0 Å². The zero-order chi connectivity index (χ0) is 43.1. The minimum atomic E-state index is -0.809. The summed E-state index contributed by atoms with van der Waals surface area (Å²) in [7, 11) is 0. The number of ether oxygens (including phenoxy) is 1. The fraction of sp³-hybridized carbons (Fsp3) is 0.849. The molecular weight excluding hydrogens is 731 g/mol. The Bertz CT molecular complexity index is 977. The van der Waals surface area contributed by atoms with E-state index in [-0.39, 0.29) is 24.9 Å². The van der Waals surface area contributed by atoms with Gasteiger partial charge in [0, 0.05) is 6.42 Å². The van der Waals surface area contributed by atoms with Gasteiger partial charge >= 0.3 is 5.97 Å². The largest absolute Gasteiger partial charge is 0.458 e. The fourth-order valence-electron chi connectivity index (χ4n) is 7.74. The lowest BCUT2D eigenvalue weighted by atomic mass is 10.0. The number of carbonyl (C=O) groups excluding carboxylic acids is 2. The van der Waals surface area contributed by atoms with E-state index in [0.29, 0.717) is 12.8 Å². The number of nitrogens with one attached hydrogen (secondary N) is 1. The predicted octanol–water partition coefficient (Wildman–Crippen LogP) is 15.3. The number of allylic oxidation sites excluding steroid dienone is 5. The number of unbranched alkanes of at least 4 members (excludes halogenated alkanes) is 30. The lowest BCUT2D eigenvalue weighted by Gasteiger charge is -2.23. The van der Waals surface area contributed by atoms with Crippen molar-refractivity contribution in [2.45, 2.75) is 283 Å². The summed E-state index contributed by atoms with van der Waals surface area (Å²) < 4.78 is 5.82. The molecule has 0 bridgehead atoms. The number of carbonyl (C=O) groups is 2. The molecule has 0 saturated heterocycles. The SMILES string of the molecule is CCCCCC/C=C\CCCCCCCCCC(=O)OC(/C=C/C/C=C\CCCCCCCC)CC(=O)NC(CO)C(O)CCCCCCCCCCCCCCCC. The quantitative estimate of drug-likeness (QED) is 0.0323. The highest BCUT2D eigenvalue weighted by molar-refractivity contribution is 5.78. The number of aliphatic hydroxyl groups is 2. The van der Waals surface area contributed by atoms with Gasteiger partial charge < -0.3 is 20.3 Å². The van der Waals surface area contributed by atoms with Crippen LogP contribution >= 0.6 is 0 Å². The molecule has 3 N–H and O–H groups in total. The smallest absolute Gasteiger partial charge is 0.306 e. The molecule has 3 atom stereocenters. The van der Waals surface area contributed by atoms with Crippen molar-refractivity contribution in [1.82, 2.24) is 5.32 Å². The van der Waals surface area contributed by atoms with Crippen LogP contribution in [0.3, 0.4) is 0 Å². The molecule has 1 amide bonds. The van der Waals surface area contributed by atoms with Crippen LogP contribution < -0.4 is 5.32 Å². The molecule has 0 fully saturated rings. The normalized spacial score (nSPS) is 13.5. The summed E-state index contributed by atoms with van der Waals surface area (Å²) in [5, 5.41) is 23.7. The molecule has 0 heterocycles. The molecule has 0 aromatic carbocycles. The number of esters is 1. The molecular formula is C53H99NO5. The third-order valence-corrected chi connectivity index (χ3v) is 11.7. The van der Waals surface area contributed by atoms with Crippen molar-refractivity contribution in [3.63, 3.8) is 0 Å². The van der Waals surface area contributed by atoms with Gasteiger partial charge in [-0.05, 0) is 63.9 Å². The average molecular weight is 830 g/mol. The van der Waals surface area contributed by atoms with Crippen LogP contribution in [-0.2, 0) is 14.3 Å². The summed E-state index contributed by atoms with van der Waals surface area (Å²) >= 11 is 0. The molecule has 0 aromatic heterocycles. The molecule has 0 saturated carbocycles. The zero-order valence-electron chi connectivity index (χ0n) is 39.4. The molecule has 0 rings (SSSR count). The highest BCUT2D eigenvalue weighted by Gasteiger charge is 2.23.